The first kappa shape index (κ1) is 28.0. The topological polar surface area (TPSA) is 27.7 Å². The van der Waals surface area contributed by atoms with Gasteiger partial charge in [0.2, 0.25) is 0 Å². The molecule has 0 aliphatic heterocycles. The van der Waals surface area contributed by atoms with E-state index < -0.39 is 0 Å². The van der Waals surface area contributed by atoms with Crippen LogP contribution in [-0.2, 0) is 0 Å². The first-order valence-electron chi connectivity index (χ1n) is 17.4. The highest BCUT2D eigenvalue weighted by Gasteiger charge is 2.21. The maximum atomic E-state index is 4.63. The number of hydrogen-bond donors (Lipinski definition) is 0. The first-order valence-corrected chi connectivity index (χ1v) is 17.4. The summed E-state index contributed by atoms with van der Waals surface area (Å²) in [6.45, 7) is 0. The Morgan fingerprint density at radius 3 is 1.37 bits per heavy atom. The third-order valence-electron chi connectivity index (χ3n) is 10.5. The fourth-order valence-electron chi connectivity index (χ4n) is 8.40. The summed E-state index contributed by atoms with van der Waals surface area (Å²) in [6.07, 6.45) is 3.92. The Bertz CT molecular complexity index is 3090. The number of benzene rings is 7. The lowest BCUT2D eigenvalue weighted by atomic mass is 10.0. The maximum absolute atomic E-state index is 4.63. The molecule has 0 unspecified atom stereocenters. The molecule has 51 heavy (non-hydrogen) atoms. The molecule has 11 rings (SSSR count). The molecule has 0 amide bonds. The molecule has 4 heterocycles. The lowest BCUT2D eigenvalue weighted by molar-refractivity contribution is 1.16. The monoisotopic (exact) mass is 650 g/mol. The second-order valence-corrected chi connectivity index (χ2v) is 13.2. The van der Waals surface area contributed by atoms with Crippen molar-refractivity contribution in [2.24, 2.45) is 0 Å². The molecule has 0 spiro atoms. The van der Waals surface area contributed by atoms with Crippen LogP contribution in [0.3, 0.4) is 0 Å². The molecule has 0 aliphatic rings. The Labute approximate surface area is 293 Å². The van der Waals surface area contributed by atoms with E-state index in [-0.39, 0.29) is 0 Å². The van der Waals surface area contributed by atoms with Crippen LogP contribution in [0.4, 0.5) is 0 Å². The third kappa shape index (κ3) is 4.05. The zero-order chi connectivity index (χ0) is 33.5. The molecule has 0 saturated heterocycles. The van der Waals surface area contributed by atoms with Gasteiger partial charge < -0.3 is 13.7 Å². The number of aromatic nitrogens is 4. The molecule has 0 fully saturated rings. The predicted octanol–water partition coefficient (Wildman–Crippen LogP) is 12.0. The number of para-hydroxylation sites is 4. The first-order chi connectivity index (χ1) is 25.3. The lowest BCUT2D eigenvalue weighted by Gasteiger charge is -2.13. The molecule has 0 bridgehead atoms. The Balaban J connectivity index is 1.13. The van der Waals surface area contributed by atoms with Crippen LogP contribution in [0, 0.1) is 0 Å². The zero-order valence-electron chi connectivity index (χ0n) is 27.6. The molecule has 238 valence electrons. The van der Waals surface area contributed by atoms with E-state index in [4.69, 9.17) is 0 Å². The van der Waals surface area contributed by atoms with Gasteiger partial charge in [-0.2, -0.15) is 0 Å². The Hall–Kier alpha value is -6.91. The van der Waals surface area contributed by atoms with Crippen molar-refractivity contribution in [3.05, 3.63) is 182 Å². The highest BCUT2D eigenvalue weighted by Crippen LogP contribution is 2.42. The largest absolute Gasteiger partial charge is 0.309 e. The molecule has 7 aromatic carbocycles. The summed E-state index contributed by atoms with van der Waals surface area (Å²) in [4.78, 5) is 4.63. The van der Waals surface area contributed by atoms with Gasteiger partial charge in [-0.25, -0.2) is 0 Å². The molecule has 0 radical (unpaired) electrons. The van der Waals surface area contributed by atoms with Crippen molar-refractivity contribution in [1.82, 2.24) is 18.7 Å². The van der Waals surface area contributed by atoms with E-state index in [1.165, 1.54) is 59.9 Å². The normalized spacial score (nSPS) is 11.9. The van der Waals surface area contributed by atoms with Crippen LogP contribution in [0.15, 0.2) is 182 Å². The predicted molar refractivity (Wildman–Crippen MR) is 213 cm³/mol. The van der Waals surface area contributed by atoms with Gasteiger partial charge in [-0.05, 0) is 83.9 Å². The van der Waals surface area contributed by atoms with E-state index in [0.29, 0.717) is 0 Å². The minimum absolute atomic E-state index is 1.09. The fraction of sp³-hybridized carbons (Fsp3) is 0. The summed E-state index contributed by atoms with van der Waals surface area (Å²) in [5.41, 5.74) is 12.8. The van der Waals surface area contributed by atoms with Crippen LogP contribution < -0.4 is 0 Å². The fourth-order valence-corrected chi connectivity index (χ4v) is 8.40. The minimum atomic E-state index is 1.09. The molecule has 11 aromatic rings. The minimum Gasteiger partial charge on any atom is -0.309 e. The second kappa shape index (κ2) is 10.8. The average Bonchev–Trinajstić information content (AvgIpc) is 3.84. The van der Waals surface area contributed by atoms with Crippen molar-refractivity contribution in [2.75, 3.05) is 0 Å². The van der Waals surface area contributed by atoms with Gasteiger partial charge in [0.05, 0.1) is 39.3 Å². The lowest BCUT2D eigenvalue weighted by Crippen LogP contribution is -1.96. The smallest absolute Gasteiger partial charge is 0.0724 e. The molecule has 4 heteroatoms. The van der Waals surface area contributed by atoms with Crippen LogP contribution in [0.25, 0.3) is 93.6 Å². The standard InChI is InChI=1S/C47H30N4/c1-2-14-33(15-3-1)49-42-23-9-6-20-38(42)46-43(49)24-25-44-47(46)39-26-27-48-30-45(39)51(44)35-17-11-13-32(29-35)31-12-10-16-34(28-31)50-40-21-7-4-18-36(40)37-19-5-8-22-41(37)50/h1-30H. The van der Waals surface area contributed by atoms with E-state index in [9.17, 15) is 0 Å². The third-order valence-corrected chi connectivity index (χ3v) is 10.5. The molecular formula is C47H30N4. The number of fused-ring (bicyclic) bond motifs is 10. The zero-order valence-corrected chi connectivity index (χ0v) is 27.6. The van der Waals surface area contributed by atoms with Gasteiger partial charge >= 0.3 is 0 Å². The highest BCUT2D eigenvalue weighted by molar-refractivity contribution is 6.28. The average molecular weight is 651 g/mol. The molecule has 4 nitrogen and oxygen atoms in total. The van der Waals surface area contributed by atoms with Crippen LogP contribution in [0.5, 0.6) is 0 Å². The van der Waals surface area contributed by atoms with E-state index >= 15 is 0 Å². The van der Waals surface area contributed by atoms with Gasteiger partial charge in [-0.3, -0.25) is 4.98 Å². The van der Waals surface area contributed by atoms with Crippen molar-refractivity contribution in [3.63, 3.8) is 0 Å². The number of rotatable bonds is 4. The summed E-state index contributed by atoms with van der Waals surface area (Å²) in [6, 6.07) is 61.3. The summed E-state index contributed by atoms with van der Waals surface area (Å²) in [7, 11) is 0. The van der Waals surface area contributed by atoms with Gasteiger partial charge in [0, 0.05) is 55.6 Å². The number of hydrogen-bond acceptors (Lipinski definition) is 1. The van der Waals surface area contributed by atoms with E-state index in [2.05, 4.69) is 189 Å². The second-order valence-electron chi connectivity index (χ2n) is 13.2. The molecular weight excluding hydrogens is 621 g/mol. The quantitative estimate of drug-likeness (QED) is 0.186. The molecule has 0 N–H and O–H groups in total. The van der Waals surface area contributed by atoms with Crippen molar-refractivity contribution in [3.8, 4) is 28.2 Å². The molecule has 0 atom stereocenters. The van der Waals surface area contributed by atoms with Gasteiger partial charge in [-0.15, -0.1) is 0 Å². The summed E-state index contributed by atoms with van der Waals surface area (Å²) in [5, 5.41) is 7.48. The van der Waals surface area contributed by atoms with Gasteiger partial charge in [0.15, 0.2) is 0 Å². The summed E-state index contributed by atoms with van der Waals surface area (Å²) < 4.78 is 7.15. The van der Waals surface area contributed by atoms with Crippen molar-refractivity contribution in [1.29, 1.82) is 0 Å². The van der Waals surface area contributed by atoms with Crippen molar-refractivity contribution < 1.29 is 0 Å². The molecule has 0 aliphatic carbocycles. The highest BCUT2D eigenvalue weighted by atomic mass is 15.0. The van der Waals surface area contributed by atoms with Gasteiger partial charge in [0.25, 0.3) is 0 Å². The van der Waals surface area contributed by atoms with Crippen LogP contribution in [0.2, 0.25) is 0 Å². The molecule has 4 aromatic heterocycles. The summed E-state index contributed by atoms with van der Waals surface area (Å²) >= 11 is 0. The maximum Gasteiger partial charge on any atom is 0.0724 e. The van der Waals surface area contributed by atoms with Crippen molar-refractivity contribution >= 4 is 65.4 Å². The van der Waals surface area contributed by atoms with E-state index in [1.54, 1.807) is 0 Å². The number of nitrogens with zero attached hydrogens (tertiary/aromatic N) is 4. The van der Waals surface area contributed by atoms with E-state index in [1.807, 2.05) is 12.4 Å². The van der Waals surface area contributed by atoms with E-state index in [0.717, 1.165) is 33.7 Å². The van der Waals surface area contributed by atoms with Gasteiger partial charge in [-0.1, -0.05) is 97.1 Å². The van der Waals surface area contributed by atoms with Crippen LogP contribution in [0.1, 0.15) is 0 Å². The SMILES string of the molecule is c1ccc(-n2c3ccccc3c3c4c5ccncc5n(-c5cccc(-c6cccc(-n7c8ccccc8c8ccccc87)c6)c5)c4ccc32)cc1. The molecule has 0 saturated carbocycles. The summed E-state index contributed by atoms with van der Waals surface area (Å²) in [5.74, 6) is 0. The Morgan fingerprint density at radius 1 is 0.314 bits per heavy atom. The number of pyridine rings is 1. The van der Waals surface area contributed by atoms with Crippen LogP contribution in [-0.4, -0.2) is 18.7 Å². The van der Waals surface area contributed by atoms with Crippen molar-refractivity contribution in [2.45, 2.75) is 0 Å². The Kier molecular flexibility index (Phi) is 5.92. The van der Waals surface area contributed by atoms with Gasteiger partial charge in [0.1, 0.15) is 0 Å². The van der Waals surface area contributed by atoms with Crippen LogP contribution >= 0.6 is 0 Å². The Morgan fingerprint density at radius 2 is 0.765 bits per heavy atom.